The van der Waals surface area contributed by atoms with E-state index in [1.54, 1.807) is 0 Å². The Balaban J connectivity index is 0.00000274. The van der Waals surface area contributed by atoms with E-state index in [4.69, 9.17) is 16.6 Å². The first-order valence-electron chi connectivity index (χ1n) is 12.0. The average Bonchev–Trinajstić information content (AvgIpc) is 2.96. The predicted octanol–water partition coefficient (Wildman–Crippen LogP) is 6.90. The number of hydrogen-bond donors (Lipinski definition) is 0. The summed E-state index contributed by atoms with van der Waals surface area (Å²) in [5, 5.41) is 5.20. The van der Waals surface area contributed by atoms with Gasteiger partial charge in [-0.2, -0.15) is 0 Å². The number of fused-ring (bicyclic) bond motifs is 2. The molecule has 2 fully saturated rings. The number of halogens is 3. The van der Waals surface area contributed by atoms with Gasteiger partial charge in [-0.15, -0.1) is 13.1 Å². The van der Waals surface area contributed by atoms with Crippen LogP contribution in [0.2, 0.25) is 5.02 Å². The molecule has 0 spiro atoms. The number of benzene rings is 1. The Morgan fingerprint density at radius 3 is 2.50 bits per heavy atom. The Morgan fingerprint density at radius 1 is 1.06 bits per heavy atom. The van der Waals surface area contributed by atoms with Crippen LogP contribution in [0.25, 0.3) is 5.32 Å². The predicted molar refractivity (Wildman–Crippen MR) is 140 cm³/mol. The molecule has 0 saturated carbocycles. The van der Waals surface area contributed by atoms with E-state index in [2.05, 4.69) is 54.2 Å². The maximum absolute atomic E-state index is 13.0. The van der Waals surface area contributed by atoms with Crippen LogP contribution in [0.1, 0.15) is 60.4 Å². The van der Waals surface area contributed by atoms with Crippen LogP contribution < -0.4 is 0 Å². The normalized spacial score (nSPS) is 21.3. The second-order valence-corrected chi connectivity index (χ2v) is 11.9. The fraction of sp³-hybridized carbons (Fsp3) is 0.538. The molecule has 0 N–H and O–H groups in total. The number of amides is 1. The molecular weight excluding hydrogens is 749 g/mol. The van der Waals surface area contributed by atoms with Crippen LogP contribution in [0, 0.1) is 11.8 Å². The first kappa shape index (κ1) is 26.8. The number of hydrogen-bond acceptors (Lipinski definition) is 2. The number of likely N-dealkylation sites (tertiary alicyclic amines) is 1. The summed E-state index contributed by atoms with van der Waals surface area (Å²) in [6.07, 6.45) is 8.67. The number of aryl methyl sites for hydroxylation is 2. The van der Waals surface area contributed by atoms with Crippen molar-refractivity contribution in [2.24, 2.45) is 11.8 Å². The van der Waals surface area contributed by atoms with Crippen molar-refractivity contribution in [2.75, 3.05) is 26.2 Å². The average molecular weight is 779 g/mol. The van der Waals surface area contributed by atoms with Crippen LogP contribution >= 0.6 is 43.5 Å². The summed E-state index contributed by atoms with van der Waals surface area (Å²) in [5.74, 6) is 1.51. The van der Waals surface area contributed by atoms with Crippen LogP contribution in [0.5, 0.6) is 0 Å². The molecule has 182 valence electrons. The zero-order valence-electron chi connectivity index (χ0n) is 19.1. The number of rotatable bonds is 3. The van der Waals surface area contributed by atoms with Crippen LogP contribution in [-0.2, 0) is 38.7 Å². The van der Waals surface area contributed by atoms with Gasteiger partial charge in [-0.05, 0) is 88.3 Å². The van der Waals surface area contributed by atoms with E-state index >= 15 is 0 Å². The Labute approximate surface area is 238 Å². The molecule has 2 aromatic rings. The van der Waals surface area contributed by atoms with E-state index in [-0.39, 0.29) is 27.0 Å². The molecule has 1 atom stereocenters. The smallest absolute Gasteiger partial charge is 0.222 e. The van der Waals surface area contributed by atoms with Gasteiger partial charge in [-0.3, -0.25) is 9.78 Å². The minimum Gasteiger partial charge on any atom is -0.662 e. The zero-order valence-corrected chi connectivity index (χ0v) is 26.0. The molecule has 2 aliphatic heterocycles. The van der Waals surface area contributed by atoms with E-state index < -0.39 is 0 Å². The molecule has 5 rings (SSSR count). The Hall–Kier alpha value is -0.262. The third-order valence-corrected chi connectivity index (χ3v) is 8.94. The third kappa shape index (κ3) is 5.83. The van der Waals surface area contributed by atoms with Gasteiger partial charge in [0.15, 0.2) is 0 Å². The molecule has 34 heavy (non-hydrogen) atoms. The van der Waals surface area contributed by atoms with Crippen molar-refractivity contribution in [1.29, 1.82) is 0 Å². The zero-order chi connectivity index (χ0) is 22.9. The first-order chi connectivity index (χ1) is 16.0. The van der Waals surface area contributed by atoms with Crippen LogP contribution in [0.15, 0.2) is 33.3 Å². The number of aromatic nitrogens is 1. The van der Waals surface area contributed by atoms with Gasteiger partial charge in [0.05, 0.1) is 5.69 Å². The second kappa shape index (κ2) is 11.9. The second-order valence-electron chi connectivity index (χ2n) is 9.67. The summed E-state index contributed by atoms with van der Waals surface area (Å²) in [6.45, 7) is 3.51. The van der Waals surface area contributed by atoms with E-state index in [0.717, 1.165) is 78.7 Å². The Kier molecular flexibility index (Phi) is 9.34. The van der Waals surface area contributed by atoms with Crippen molar-refractivity contribution in [2.45, 2.75) is 50.9 Å². The molecule has 4 nitrogen and oxygen atoms in total. The Morgan fingerprint density at radius 2 is 1.76 bits per heavy atom. The molecule has 0 unspecified atom stereocenters. The van der Waals surface area contributed by atoms with Crippen LogP contribution in [0.4, 0.5) is 0 Å². The van der Waals surface area contributed by atoms with Crippen molar-refractivity contribution < 1.29 is 25.9 Å². The molecule has 0 radical (unpaired) electrons. The van der Waals surface area contributed by atoms with Crippen LogP contribution in [0.3, 0.4) is 0 Å². The minimum atomic E-state index is 0. The molecule has 1 aliphatic carbocycles. The van der Waals surface area contributed by atoms with Gasteiger partial charge in [0.2, 0.25) is 5.91 Å². The quantitative estimate of drug-likeness (QED) is 0.341. The van der Waals surface area contributed by atoms with E-state index in [1.165, 1.54) is 22.4 Å². The molecule has 8 heteroatoms. The topological polar surface area (TPSA) is 47.3 Å². The fourth-order valence-corrected chi connectivity index (χ4v) is 7.40. The summed E-state index contributed by atoms with van der Waals surface area (Å²) in [6, 6.07) is 6.38. The van der Waals surface area contributed by atoms with Gasteiger partial charge >= 0.3 is 0 Å². The maximum Gasteiger partial charge on any atom is 0.222 e. The number of carbonyl (C=O) groups excluding carboxylic acids is 1. The van der Waals surface area contributed by atoms with Crippen molar-refractivity contribution in [3.63, 3.8) is 0 Å². The number of carbonyl (C=O) groups is 1. The van der Waals surface area contributed by atoms with Gasteiger partial charge in [-0.25, -0.2) is 0 Å². The number of pyridine rings is 1. The van der Waals surface area contributed by atoms with E-state index in [0.29, 0.717) is 24.2 Å². The molecule has 3 aliphatic rings. The van der Waals surface area contributed by atoms with Crippen molar-refractivity contribution in [1.82, 2.24) is 9.88 Å². The SMILES string of the molecule is O=C(CC1CC[N-]CC1)N1CCC([C@H]2c3ncc(Br)cc3CCc3cc(Cl)cc(Br)c32)CC1.[W]. The van der Waals surface area contributed by atoms with Crippen molar-refractivity contribution >= 4 is 49.4 Å². The largest absolute Gasteiger partial charge is 0.662 e. The number of nitrogens with zero attached hydrogens (tertiary/aromatic N) is 3. The van der Waals surface area contributed by atoms with Gasteiger partial charge < -0.3 is 10.2 Å². The van der Waals surface area contributed by atoms with Crippen molar-refractivity contribution in [3.8, 4) is 0 Å². The number of piperidine rings is 2. The van der Waals surface area contributed by atoms with Crippen molar-refractivity contribution in [3.05, 3.63) is 66.1 Å². The third-order valence-electron chi connectivity index (χ3n) is 7.64. The van der Waals surface area contributed by atoms with Gasteiger partial charge in [0.1, 0.15) is 0 Å². The molecule has 0 bridgehead atoms. The minimum absolute atomic E-state index is 0. The maximum atomic E-state index is 13.0. The molecule has 1 aromatic carbocycles. The summed E-state index contributed by atoms with van der Waals surface area (Å²) in [7, 11) is 0. The van der Waals surface area contributed by atoms with Gasteiger partial charge in [-0.1, -0.05) is 40.4 Å². The Bertz CT molecular complexity index is 1040. The van der Waals surface area contributed by atoms with Gasteiger partial charge in [0, 0.05) is 66.7 Å². The van der Waals surface area contributed by atoms with E-state index in [9.17, 15) is 4.79 Å². The fourth-order valence-electron chi connectivity index (χ4n) is 5.90. The molecule has 1 aromatic heterocycles. The van der Waals surface area contributed by atoms with Gasteiger partial charge in [0.25, 0.3) is 0 Å². The van der Waals surface area contributed by atoms with E-state index in [1.807, 2.05) is 12.3 Å². The summed E-state index contributed by atoms with van der Waals surface area (Å²) < 4.78 is 2.10. The summed E-state index contributed by atoms with van der Waals surface area (Å²) >= 11 is 13.9. The molecular formula is C26H29Br2ClN3OW-. The summed E-state index contributed by atoms with van der Waals surface area (Å²) in [5.41, 5.74) is 5.16. The summed E-state index contributed by atoms with van der Waals surface area (Å²) in [4.78, 5) is 20.0. The molecule has 1 amide bonds. The standard InChI is InChI=1S/C26H29Br2ClN3O.W/c27-20-12-19-2-1-18-13-21(29)14-22(28)24(18)25(26(19)31-15-20)17-5-9-32(10-6-17)23(33)11-16-3-7-30-8-4-16;/h12-17,25H,1-11H2;/q-1;/t25-;/m1./s1. The monoisotopic (exact) mass is 776 g/mol. The molecule has 3 heterocycles. The molecule has 2 saturated heterocycles. The van der Waals surface area contributed by atoms with Crippen LogP contribution in [-0.4, -0.2) is 42.0 Å². The first-order valence-corrected chi connectivity index (χ1v) is 14.0.